The van der Waals surface area contributed by atoms with Gasteiger partial charge in [-0.1, -0.05) is 13.8 Å². The lowest BCUT2D eigenvalue weighted by Crippen LogP contribution is -2.43. The van der Waals surface area contributed by atoms with Gasteiger partial charge in [-0.15, -0.1) is 0 Å². The van der Waals surface area contributed by atoms with E-state index in [0.29, 0.717) is 6.61 Å². The molecule has 0 aliphatic heterocycles. The standard InChI is InChI=1S/C21H33NO3/c1-6-12-24-21(10-8-9-11-21)20(23)22-18-13-15(3)19(16(4)14-18)25-17(5)7-2/h13-14,17H,6-12H2,1-5H3,(H,22,23)/t17-/m0/s1. The average molecular weight is 347 g/mol. The van der Waals surface area contributed by atoms with E-state index in [1.54, 1.807) is 0 Å². The molecule has 1 saturated carbocycles. The van der Waals surface area contributed by atoms with Crippen molar-refractivity contribution in [2.24, 2.45) is 0 Å². The molecule has 2 rings (SSSR count). The molecule has 0 unspecified atom stereocenters. The lowest BCUT2D eigenvalue weighted by atomic mass is 10.00. The SMILES string of the molecule is CCCOC1(C(=O)Nc2cc(C)c(O[C@@H](C)CC)c(C)c2)CCCC1. The van der Waals surface area contributed by atoms with Crippen LogP contribution >= 0.6 is 0 Å². The number of amides is 1. The van der Waals surface area contributed by atoms with Crippen LogP contribution in [0.5, 0.6) is 5.75 Å². The van der Waals surface area contributed by atoms with E-state index < -0.39 is 5.60 Å². The van der Waals surface area contributed by atoms with Crippen molar-refractivity contribution in [2.45, 2.75) is 84.8 Å². The molecule has 1 aromatic rings. The second-order valence-electron chi connectivity index (χ2n) is 7.28. The maximum Gasteiger partial charge on any atom is 0.256 e. The summed E-state index contributed by atoms with van der Waals surface area (Å²) in [6.07, 6.45) is 5.80. The average Bonchev–Trinajstić information content (AvgIpc) is 3.06. The van der Waals surface area contributed by atoms with E-state index in [1.165, 1.54) is 0 Å². The van der Waals surface area contributed by atoms with Gasteiger partial charge < -0.3 is 14.8 Å². The molecule has 1 atom stereocenters. The number of nitrogens with one attached hydrogen (secondary N) is 1. The molecule has 0 bridgehead atoms. The van der Waals surface area contributed by atoms with Crippen molar-refractivity contribution in [3.05, 3.63) is 23.3 Å². The molecule has 140 valence electrons. The Balaban J connectivity index is 2.15. The number of anilines is 1. The van der Waals surface area contributed by atoms with E-state index in [4.69, 9.17) is 9.47 Å². The van der Waals surface area contributed by atoms with Crippen molar-refractivity contribution in [3.63, 3.8) is 0 Å². The van der Waals surface area contributed by atoms with Crippen LogP contribution in [0.4, 0.5) is 5.69 Å². The quantitative estimate of drug-likeness (QED) is 0.706. The number of hydrogen-bond acceptors (Lipinski definition) is 3. The fourth-order valence-electron chi connectivity index (χ4n) is 3.42. The van der Waals surface area contributed by atoms with Crippen LogP contribution < -0.4 is 10.1 Å². The first kappa shape index (κ1) is 19.8. The minimum Gasteiger partial charge on any atom is -0.490 e. The van der Waals surface area contributed by atoms with E-state index in [1.807, 2.05) is 26.0 Å². The van der Waals surface area contributed by atoms with Gasteiger partial charge in [-0.05, 0) is 82.6 Å². The Morgan fingerprint density at radius 1 is 1.20 bits per heavy atom. The van der Waals surface area contributed by atoms with Gasteiger partial charge in [0, 0.05) is 12.3 Å². The Bertz CT molecular complexity index is 568. The monoisotopic (exact) mass is 347 g/mol. The molecule has 1 fully saturated rings. The van der Waals surface area contributed by atoms with Gasteiger partial charge in [-0.25, -0.2) is 0 Å². The van der Waals surface area contributed by atoms with E-state index >= 15 is 0 Å². The van der Waals surface area contributed by atoms with Crippen molar-refractivity contribution in [2.75, 3.05) is 11.9 Å². The molecular weight excluding hydrogens is 314 g/mol. The summed E-state index contributed by atoms with van der Waals surface area (Å²) in [6.45, 7) is 10.9. The first-order valence-corrected chi connectivity index (χ1v) is 9.65. The molecule has 1 aliphatic carbocycles. The smallest absolute Gasteiger partial charge is 0.256 e. The molecule has 1 aromatic carbocycles. The first-order valence-electron chi connectivity index (χ1n) is 9.65. The number of ether oxygens (including phenoxy) is 2. The Kier molecular flexibility index (Phi) is 6.88. The molecule has 25 heavy (non-hydrogen) atoms. The minimum absolute atomic E-state index is 0.00663. The Morgan fingerprint density at radius 3 is 2.32 bits per heavy atom. The van der Waals surface area contributed by atoms with Crippen LogP contribution in [0.25, 0.3) is 0 Å². The van der Waals surface area contributed by atoms with Gasteiger partial charge in [0.15, 0.2) is 0 Å². The number of benzene rings is 1. The summed E-state index contributed by atoms with van der Waals surface area (Å²) in [5.74, 6) is 0.915. The molecule has 1 N–H and O–H groups in total. The second kappa shape index (κ2) is 8.70. The predicted octanol–water partition coefficient (Wildman–Crippen LogP) is 5.16. The highest BCUT2D eigenvalue weighted by Crippen LogP contribution is 2.35. The molecule has 0 spiro atoms. The van der Waals surface area contributed by atoms with Gasteiger partial charge in [0.05, 0.1) is 6.10 Å². The summed E-state index contributed by atoms with van der Waals surface area (Å²) in [5.41, 5.74) is 2.27. The molecule has 4 heteroatoms. The molecule has 4 nitrogen and oxygen atoms in total. The molecule has 0 aromatic heterocycles. The molecular formula is C21H33NO3. The van der Waals surface area contributed by atoms with E-state index in [-0.39, 0.29) is 12.0 Å². The third kappa shape index (κ3) is 4.75. The fraction of sp³-hybridized carbons (Fsp3) is 0.667. The summed E-state index contributed by atoms with van der Waals surface area (Å²) >= 11 is 0. The highest BCUT2D eigenvalue weighted by Gasteiger charge is 2.42. The van der Waals surface area contributed by atoms with E-state index in [0.717, 1.165) is 61.1 Å². The summed E-state index contributed by atoms with van der Waals surface area (Å²) in [7, 11) is 0. The van der Waals surface area contributed by atoms with Crippen LogP contribution in [0.1, 0.15) is 70.4 Å². The summed E-state index contributed by atoms with van der Waals surface area (Å²) in [5, 5.41) is 3.09. The van der Waals surface area contributed by atoms with Crippen molar-refractivity contribution in [1.82, 2.24) is 0 Å². The van der Waals surface area contributed by atoms with E-state index in [2.05, 4.69) is 26.1 Å². The summed E-state index contributed by atoms with van der Waals surface area (Å²) in [6, 6.07) is 3.98. The largest absolute Gasteiger partial charge is 0.490 e. The lowest BCUT2D eigenvalue weighted by molar-refractivity contribution is -0.140. The number of hydrogen-bond donors (Lipinski definition) is 1. The van der Waals surface area contributed by atoms with Gasteiger partial charge in [0.1, 0.15) is 11.4 Å². The summed E-state index contributed by atoms with van der Waals surface area (Å²) < 4.78 is 12.0. The predicted molar refractivity (Wildman–Crippen MR) is 102 cm³/mol. The molecule has 0 saturated heterocycles. The van der Waals surface area contributed by atoms with Crippen LogP contribution in [0, 0.1) is 13.8 Å². The minimum atomic E-state index is -0.649. The Labute approximate surface area is 152 Å². The highest BCUT2D eigenvalue weighted by molar-refractivity contribution is 5.97. The molecule has 0 heterocycles. The zero-order chi connectivity index (χ0) is 18.4. The van der Waals surface area contributed by atoms with Crippen molar-refractivity contribution in [1.29, 1.82) is 0 Å². The number of carbonyl (C=O) groups is 1. The topological polar surface area (TPSA) is 47.6 Å². The van der Waals surface area contributed by atoms with E-state index in [9.17, 15) is 4.79 Å². The first-order chi connectivity index (χ1) is 11.9. The number of carbonyl (C=O) groups excluding carboxylic acids is 1. The summed E-state index contributed by atoms with van der Waals surface area (Å²) in [4.78, 5) is 12.9. The van der Waals surface area contributed by atoms with Crippen LogP contribution in [0.15, 0.2) is 12.1 Å². The maximum atomic E-state index is 12.9. The van der Waals surface area contributed by atoms with Gasteiger partial charge in [-0.2, -0.15) is 0 Å². The van der Waals surface area contributed by atoms with Crippen LogP contribution in [0.2, 0.25) is 0 Å². The molecule has 1 aliphatic rings. The number of rotatable bonds is 8. The molecule has 0 radical (unpaired) electrons. The second-order valence-corrected chi connectivity index (χ2v) is 7.28. The Hall–Kier alpha value is -1.55. The molecule has 1 amide bonds. The third-order valence-electron chi connectivity index (χ3n) is 5.02. The van der Waals surface area contributed by atoms with Gasteiger partial charge in [-0.3, -0.25) is 4.79 Å². The van der Waals surface area contributed by atoms with Crippen LogP contribution in [0.3, 0.4) is 0 Å². The van der Waals surface area contributed by atoms with Gasteiger partial charge >= 0.3 is 0 Å². The van der Waals surface area contributed by atoms with Crippen molar-refractivity contribution >= 4 is 11.6 Å². The van der Waals surface area contributed by atoms with Crippen molar-refractivity contribution < 1.29 is 14.3 Å². The normalized spacial score (nSPS) is 17.3. The maximum absolute atomic E-state index is 12.9. The van der Waals surface area contributed by atoms with Crippen molar-refractivity contribution in [3.8, 4) is 5.75 Å². The zero-order valence-corrected chi connectivity index (χ0v) is 16.4. The van der Waals surface area contributed by atoms with Crippen LogP contribution in [-0.2, 0) is 9.53 Å². The highest BCUT2D eigenvalue weighted by atomic mass is 16.5. The Morgan fingerprint density at radius 2 is 1.80 bits per heavy atom. The van der Waals surface area contributed by atoms with Crippen LogP contribution in [-0.4, -0.2) is 24.2 Å². The lowest BCUT2D eigenvalue weighted by Gasteiger charge is -2.28. The third-order valence-corrected chi connectivity index (χ3v) is 5.02. The van der Waals surface area contributed by atoms with Gasteiger partial charge in [0.2, 0.25) is 0 Å². The number of aryl methyl sites for hydroxylation is 2. The fourth-order valence-corrected chi connectivity index (χ4v) is 3.42. The van der Waals surface area contributed by atoms with Gasteiger partial charge in [0.25, 0.3) is 5.91 Å². The zero-order valence-electron chi connectivity index (χ0n) is 16.4.